The van der Waals surface area contributed by atoms with Crippen molar-refractivity contribution in [3.05, 3.63) is 120 Å². The van der Waals surface area contributed by atoms with E-state index < -0.39 is 0 Å². The summed E-state index contributed by atoms with van der Waals surface area (Å²) in [4.78, 5) is 1.83. The van der Waals surface area contributed by atoms with E-state index in [1.807, 2.05) is 48.5 Å². The van der Waals surface area contributed by atoms with Crippen LogP contribution in [-0.2, 0) is 0 Å². The predicted octanol–water partition coefficient (Wildman–Crippen LogP) is 7.27. The molecule has 0 aliphatic rings. The van der Waals surface area contributed by atoms with Gasteiger partial charge in [0, 0.05) is 21.2 Å². The normalized spacial score (nSPS) is 12.7. The maximum atomic E-state index is 4.66. The fourth-order valence-corrected chi connectivity index (χ4v) is 4.02. The van der Waals surface area contributed by atoms with Gasteiger partial charge in [-0.15, -0.1) is 25.3 Å². The summed E-state index contributed by atoms with van der Waals surface area (Å²) in [6.45, 7) is 0. The minimum absolute atomic E-state index is 0.0326. The number of nitrogens with one attached hydrogen (secondary N) is 2. The highest BCUT2D eigenvalue weighted by molar-refractivity contribution is 7.80. The Morgan fingerprint density at radius 1 is 0.433 bits per heavy atom. The zero-order valence-electron chi connectivity index (χ0n) is 16.4. The van der Waals surface area contributed by atoms with Crippen molar-refractivity contribution in [1.82, 2.24) is 0 Å². The molecule has 0 fully saturated rings. The molecule has 4 rings (SSSR count). The standard InChI is InChI=1S/C26H24N2S2/c29-23-17-9-7-15-21(23)27-25(19-11-3-1-4-12-19)26(20-13-5-2-6-14-20)28-22-16-8-10-18-24(22)30/h1-18,25-30H. The Morgan fingerprint density at radius 2 is 0.767 bits per heavy atom. The molecule has 0 aromatic heterocycles. The smallest absolute Gasteiger partial charge is 0.0757 e. The van der Waals surface area contributed by atoms with Crippen LogP contribution in [0.5, 0.6) is 0 Å². The summed E-state index contributed by atoms with van der Waals surface area (Å²) in [7, 11) is 0. The number of hydrogen-bond donors (Lipinski definition) is 4. The van der Waals surface area contributed by atoms with Crippen LogP contribution in [0.1, 0.15) is 23.2 Å². The molecule has 2 atom stereocenters. The quantitative estimate of drug-likeness (QED) is 0.233. The lowest BCUT2D eigenvalue weighted by Gasteiger charge is -2.32. The first kappa shape index (κ1) is 20.5. The molecule has 4 heteroatoms. The second-order valence-electron chi connectivity index (χ2n) is 7.10. The third-order valence-corrected chi connectivity index (χ3v) is 5.86. The van der Waals surface area contributed by atoms with Gasteiger partial charge in [-0.1, -0.05) is 84.9 Å². The van der Waals surface area contributed by atoms with Crippen LogP contribution in [0, 0.1) is 0 Å². The van der Waals surface area contributed by atoms with E-state index in [0.29, 0.717) is 0 Å². The molecular weight excluding hydrogens is 404 g/mol. The second-order valence-corrected chi connectivity index (χ2v) is 8.06. The van der Waals surface area contributed by atoms with E-state index in [1.165, 1.54) is 11.1 Å². The van der Waals surface area contributed by atoms with Crippen LogP contribution in [0.4, 0.5) is 11.4 Å². The molecule has 4 aromatic rings. The molecule has 0 radical (unpaired) electrons. The summed E-state index contributed by atoms with van der Waals surface area (Å²) in [6, 6.07) is 37.1. The topological polar surface area (TPSA) is 24.1 Å². The van der Waals surface area contributed by atoms with Crippen LogP contribution in [0.3, 0.4) is 0 Å². The van der Waals surface area contributed by atoms with E-state index in [2.05, 4.69) is 96.6 Å². The highest BCUT2D eigenvalue weighted by Crippen LogP contribution is 2.37. The fraction of sp³-hybridized carbons (Fsp3) is 0.0769. The molecule has 0 amide bonds. The van der Waals surface area contributed by atoms with E-state index in [4.69, 9.17) is 0 Å². The third kappa shape index (κ3) is 4.84. The van der Waals surface area contributed by atoms with E-state index in [1.54, 1.807) is 0 Å². The van der Waals surface area contributed by atoms with E-state index in [0.717, 1.165) is 21.2 Å². The van der Waals surface area contributed by atoms with Gasteiger partial charge in [-0.3, -0.25) is 0 Å². The molecule has 0 saturated heterocycles. The van der Waals surface area contributed by atoms with Crippen LogP contribution in [0.25, 0.3) is 0 Å². The van der Waals surface area contributed by atoms with Crippen LogP contribution in [0.15, 0.2) is 119 Å². The van der Waals surface area contributed by atoms with Crippen LogP contribution in [0.2, 0.25) is 0 Å². The Labute approximate surface area is 189 Å². The lowest BCUT2D eigenvalue weighted by atomic mass is 9.92. The molecule has 2 unspecified atom stereocenters. The summed E-state index contributed by atoms with van der Waals surface area (Å²) in [5.74, 6) is 0. The molecule has 2 N–H and O–H groups in total. The van der Waals surface area contributed by atoms with Gasteiger partial charge >= 0.3 is 0 Å². The Hall–Kier alpha value is -2.82. The van der Waals surface area contributed by atoms with Gasteiger partial charge < -0.3 is 10.6 Å². The van der Waals surface area contributed by atoms with Crippen molar-refractivity contribution in [2.45, 2.75) is 21.9 Å². The zero-order valence-corrected chi connectivity index (χ0v) is 18.2. The molecule has 150 valence electrons. The molecule has 0 aliphatic heterocycles. The van der Waals surface area contributed by atoms with E-state index >= 15 is 0 Å². The first-order valence-electron chi connectivity index (χ1n) is 9.91. The molecule has 2 nitrogen and oxygen atoms in total. The van der Waals surface area contributed by atoms with Crippen molar-refractivity contribution in [2.24, 2.45) is 0 Å². The first-order valence-corrected chi connectivity index (χ1v) is 10.8. The maximum absolute atomic E-state index is 4.66. The summed E-state index contributed by atoms with van der Waals surface area (Å²) in [5.41, 5.74) is 4.37. The van der Waals surface area contributed by atoms with Gasteiger partial charge in [0.15, 0.2) is 0 Å². The van der Waals surface area contributed by atoms with Crippen molar-refractivity contribution in [2.75, 3.05) is 10.6 Å². The van der Waals surface area contributed by atoms with Crippen LogP contribution in [-0.4, -0.2) is 0 Å². The minimum Gasteiger partial charge on any atom is -0.375 e. The molecule has 0 spiro atoms. The average Bonchev–Trinajstić information content (AvgIpc) is 2.80. The van der Waals surface area contributed by atoms with Crippen molar-refractivity contribution >= 4 is 36.6 Å². The summed E-state index contributed by atoms with van der Waals surface area (Å²) in [6.07, 6.45) is 0. The minimum atomic E-state index is -0.0326. The second kappa shape index (κ2) is 9.79. The third-order valence-electron chi connectivity index (χ3n) is 5.08. The Bertz CT molecular complexity index is 995. The molecular formula is C26H24N2S2. The van der Waals surface area contributed by atoms with E-state index in [9.17, 15) is 0 Å². The monoisotopic (exact) mass is 428 g/mol. The van der Waals surface area contributed by atoms with Crippen molar-refractivity contribution < 1.29 is 0 Å². The van der Waals surface area contributed by atoms with Crippen molar-refractivity contribution in [1.29, 1.82) is 0 Å². The SMILES string of the molecule is Sc1ccccc1NC(c1ccccc1)C(Nc1ccccc1S)c1ccccc1. The number of hydrogen-bond acceptors (Lipinski definition) is 4. The molecule has 30 heavy (non-hydrogen) atoms. The zero-order chi connectivity index (χ0) is 20.8. The number of anilines is 2. The maximum Gasteiger partial charge on any atom is 0.0757 e. The van der Waals surface area contributed by atoms with Crippen LogP contribution >= 0.6 is 25.3 Å². The van der Waals surface area contributed by atoms with Gasteiger partial charge in [0.1, 0.15) is 0 Å². The molecule has 0 bridgehead atoms. The summed E-state index contributed by atoms with van der Waals surface area (Å²) >= 11 is 9.32. The van der Waals surface area contributed by atoms with E-state index in [-0.39, 0.29) is 12.1 Å². The molecule has 0 saturated carbocycles. The van der Waals surface area contributed by atoms with Gasteiger partial charge in [-0.05, 0) is 35.4 Å². The largest absolute Gasteiger partial charge is 0.375 e. The first-order chi connectivity index (χ1) is 14.7. The molecule has 4 aromatic carbocycles. The average molecular weight is 429 g/mol. The predicted molar refractivity (Wildman–Crippen MR) is 133 cm³/mol. The number of rotatable bonds is 7. The summed E-state index contributed by atoms with van der Waals surface area (Å²) < 4.78 is 0. The summed E-state index contributed by atoms with van der Waals surface area (Å²) in [5, 5.41) is 7.48. The molecule has 0 heterocycles. The Kier molecular flexibility index (Phi) is 6.67. The van der Waals surface area contributed by atoms with Gasteiger partial charge in [0.2, 0.25) is 0 Å². The highest BCUT2D eigenvalue weighted by atomic mass is 32.1. The lowest BCUT2D eigenvalue weighted by Crippen LogP contribution is -2.26. The van der Waals surface area contributed by atoms with Crippen LogP contribution < -0.4 is 10.6 Å². The number of benzene rings is 4. The molecule has 0 aliphatic carbocycles. The number of para-hydroxylation sites is 2. The number of thiol groups is 2. The van der Waals surface area contributed by atoms with Gasteiger partial charge in [0.05, 0.1) is 12.1 Å². The lowest BCUT2D eigenvalue weighted by molar-refractivity contribution is 0.647. The Morgan fingerprint density at radius 3 is 1.13 bits per heavy atom. The van der Waals surface area contributed by atoms with Gasteiger partial charge in [-0.25, -0.2) is 0 Å². The highest BCUT2D eigenvalue weighted by Gasteiger charge is 2.26. The fourth-order valence-electron chi connectivity index (χ4n) is 3.57. The van der Waals surface area contributed by atoms with Crippen molar-refractivity contribution in [3.8, 4) is 0 Å². The van der Waals surface area contributed by atoms with Gasteiger partial charge in [-0.2, -0.15) is 0 Å². The van der Waals surface area contributed by atoms with Crippen molar-refractivity contribution in [3.63, 3.8) is 0 Å². The Balaban J connectivity index is 1.80. The van der Waals surface area contributed by atoms with Gasteiger partial charge in [0.25, 0.3) is 0 Å².